The zero-order valence-corrected chi connectivity index (χ0v) is 11.4. The highest BCUT2D eigenvalue weighted by Gasteiger charge is 2.51. The van der Waals surface area contributed by atoms with Crippen LogP contribution in [0.2, 0.25) is 0 Å². The van der Waals surface area contributed by atoms with Crippen LogP contribution in [0.1, 0.15) is 45.1 Å². The van der Waals surface area contributed by atoms with Crippen molar-refractivity contribution < 1.29 is 14.3 Å². The molecule has 4 heteroatoms. The van der Waals surface area contributed by atoms with Gasteiger partial charge in [-0.3, -0.25) is 4.79 Å². The third kappa shape index (κ3) is 1.82. The second-order valence-corrected chi connectivity index (χ2v) is 6.34. The average Bonchev–Trinajstić information content (AvgIpc) is 3.01. The average molecular weight is 259 g/mol. The van der Waals surface area contributed by atoms with Crippen molar-refractivity contribution in [2.45, 2.75) is 44.4 Å². The molecule has 0 bridgehead atoms. The molecule has 1 saturated carbocycles. The second kappa shape index (κ2) is 3.59. The van der Waals surface area contributed by atoms with E-state index < -0.39 is 11.4 Å². The molecule has 1 aromatic carbocycles. The first-order valence-corrected chi connectivity index (χ1v) is 6.48. The Labute approximate surface area is 111 Å². The quantitative estimate of drug-likeness (QED) is 0.899. The molecule has 1 N–H and O–H groups in total. The van der Waals surface area contributed by atoms with Gasteiger partial charge >= 0.3 is 5.97 Å². The van der Waals surface area contributed by atoms with Crippen LogP contribution >= 0.6 is 0 Å². The maximum atomic E-state index is 11.3. The fourth-order valence-electron chi connectivity index (χ4n) is 2.30. The largest absolute Gasteiger partial charge is 0.481 e. The van der Waals surface area contributed by atoms with Crippen LogP contribution in [0.15, 0.2) is 22.6 Å². The minimum atomic E-state index is -0.744. The lowest BCUT2D eigenvalue weighted by molar-refractivity contribution is -0.140. The van der Waals surface area contributed by atoms with Crippen LogP contribution in [0.5, 0.6) is 0 Å². The molecule has 1 heterocycles. The molecule has 3 rings (SSSR count). The molecule has 0 spiro atoms. The third-order valence-corrected chi connectivity index (χ3v) is 3.74. The third-order valence-electron chi connectivity index (χ3n) is 3.74. The molecule has 0 atom stereocenters. The van der Waals surface area contributed by atoms with Gasteiger partial charge in [0.2, 0.25) is 5.89 Å². The van der Waals surface area contributed by atoms with Crippen LogP contribution in [-0.4, -0.2) is 16.1 Å². The summed E-state index contributed by atoms with van der Waals surface area (Å²) in [7, 11) is 0. The number of carbonyl (C=O) groups is 1. The van der Waals surface area contributed by atoms with Crippen molar-refractivity contribution in [1.82, 2.24) is 4.98 Å². The first-order valence-electron chi connectivity index (χ1n) is 6.48. The fraction of sp³-hybridized carbons (Fsp3) is 0.467. The number of carboxylic acids is 1. The molecule has 100 valence electrons. The number of aliphatic carboxylic acids is 1. The molecule has 19 heavy (non-hydrogen) atoms. The summed E-state index contributed by atoms with van der Waals surface area (Å²) in [6, 6.07) is 5.53. The Morgan fingerprint density at radius 2 is 2.05 bits per heavy atom. The lowest BCUT2D eigenvalue weighted by Gasteiger charge is -2.11. The van der Waals surface area contributed by atoms with Crippen molar-refractivity contribution in [3.05, 3.63) is 29.7 Å². The molecule has 0 amide bonds. The van der Waals surface area contributed by atoms with E-state index in [9.17, 15) is 9.90 Å². The van der Waals surface area contributed by atoms with Gasteiger partial charge < -0.3 is 9.52 Å². The van der Waals surface area contributed by atoms with E-state index in [0.717, 1.165) is 16.7 Å². The van der Waals surface area contributed by atoms with Gasteiger partial charge in [-0.15, -0.1) is 0 Å². The standard InChI is InChI=1S/C15H17NO3/c1-14(2,3)12-16-10-8-9(4-5-11(10)19-12)15(6-7-15)13(17)18/h4-5,8H,6-7H2,1-3H3,(H,17,18). The maximum absolute atomic E-state index is 11.3. The molecule has 0 radical (unpaired) electrons. The van der Waals surface area contributed by atoms with E-state index in [1.54, 1.807) is 0 Å². The SMILES string of the molecule is CC(C)(C)c1nc2cc(C3(C(=O)O)CC3)ccc2o1. The lowest BCUT2D eigenvalue weighted by Crippen LogP contribution is -2.19. The number of fused-ring (bicyclic) bond motifs is 1. The Bertz CT molecular complexity index is 660. The van der Waals surface area contributed by atoms with Crippen LogP contribution in [0.3, 0.4) is 0 Å². The monoisotopic (exact) mass is 259 g/mol. The van der Waals surface area contributed by atoms with E-state index in [0.29, 0.717) is 18.7 Å². The van der Waals surface area contributed by atoms with Gasteiger partial charge in [0.25, 0.3) is 0 Å². The molecule has 1 aliphatic carbocycles. The molecule has 2 aromatic rings. The highest BCUT2D eigenvalue weighted by molar-refractivity contribution is 5.87. The van der Waals surface area contributed by atoms with Crippen LogP contribution in [0, 0.1) is 0 Å². The Morgan fingerprint density at radius 1 is 1.37 bits per heavy atom. The van der Waals surface area contributed by atoms with Crippen molar-refractivity contribution in [3.8, 4) is 0 Å². The number of nitrogens with zero attached hydrogens (tertiary/aromatic N) is 1. The van der Waals surface area contributed by atoms with Crippen molar-refractivity contribution >= 4 is 17.1 Å². The van der Waals surface area contributed by atoms with Gasteiger partial charge in [-0.2, -0.15) is 0 Å². The van der Waals surface area contributed by atoms with Crippen molar-refractivity contribution in [2.75, 3.05) is 0 Å². The van der Waals surface area contributed by atoms with Gasteiger partial charge in [0, 0.05) is 5.41 Å². The van der Waals surface area contributed by atoms with Gasteiger partial charge in [0.1, 0.15) is 5.52 Å². The van der Waals surface area contributed by atoms with E-state index in [1.807, 2.05) is 39.0 Å². The number of carboxylic acid groups (broad SMARTS) is 1. The van der Waals surface area contributed by atoms with Crippen molar-refractivity contribution in [3.63, 3.8) is 0 Å². The summed E-state index contributed by atoms with van der Waals surface area (Å²) in [5, 5.41) is 9.32. The molecule has 1 aromatic heterocycles. The molecule has 4 nitrogen and oxygen atoms in total. The van der Waals surface area contributed by atoms with Crippen LogP contribution in [0.25, 0.3) is 11.1 Å². The van der Waals surface area contributed by atoms with Crippen LogP contribution in [-0.2, 0) is 15.6 Å². The summed E-state index contributed by atoms with van der Waals surface area (Å²) < 4.78 is 5.72. The maximum Gasteiger partial charge on any atom is 0.314 e. The van der Waals surface area contributed by atoms with Crippen molar-refractivity contribution in [2.24, 2.45) is 0 Å². The smallest absolute Gasteiger partial charge is 0.314 e. The van der Waals surface area contributed by atoms with Gasteiger partial charge in [-0.1, -0.05) is 26.8 Å². The highest BCUT2D eigenvalue weighted by atomic mass is 16.4. The van der Waals surface area contributed by atoms with Gasteiger partial charge in [0.15, 0.2) is 5.58 Å². The van der Waals surface area contributed by atoms with E-state index in [1.165, 1.54) is 0 Å². The van der Waals surface area contributed by atoms with Gasteiger partial charge in [-0.05, 0) is 30.5 Å². The Hall–Kier alpha value is -1.84. The zero-order chi connectivity index (χ0) is 13.8. The normalized spacial score (nSPS) is 17.6. The molecular formula is C15H17NO3. The minimum absolute atomic E-state index is 0.150. The summed E-state index contributed by atoms with van der Waals surface area (Å²) in [6.07, 6.45) is 1.41. The first kappa shape index (κ1) is 12.2. The fourth-order valence-corrected chi connectivity index (χ4v) is 2.30. The van der Waals surface area contributed by atoms with Gasteiger partial charge in [0.05, 0.1) is 5.41 Å². The molecule has 0 aliphatic heterocycles. The molecule has 0 saturated heterocycles. The number of hydrogen-bond donors (Lipinski definition) is 1. The number of hydrogen-bond acceptors (Lipinski definition) is 3. The lowest BCUT2D eigenvalue weighted by atomic mass is 9.96. The number of rotatable bonds is 2. The van der Waals surface area contributed by atoms with E-state index in [2.05, 4.69) is 4.98 Å². The predicted octanol–water partition coefficient (Wildman–Crippen LogP) is 3.24. The number of oxazole rings is 1. The number of aromatic nitrogens is 1. The highest BCUT2D eigenvalue weighted by Crippen LogP contribution is 2.49. The van der Waals surface area contributed by atoms with Crippen LogP contribution in [0.4, 0.5) is 0 Å². The first-order chi connectivity index (χ1) is 8.83. The Morgan fingerprint density at radius 3 is 2.58 bits per heavy atom. The van der Waals surface area contributed by atoms with Gasteiger partial charge in [-0.25, -0.2) is 4.98 Å². The Balaban J connectivity index is 2.09. The summed E-state index contributed by atoms with van der Waals surface area (Å²) in [5.74, 6) is -0.0637. The summed E-state index contributed by atoms with van der Waals surface area (Å²) in [4.78, 5) is 15.8. The molecular weight excluding hydrogens is 242 g/mol. The predicted molar refractivity (Wildman–Crippen MR) is 71.3 cm³/mol. The molecule has 1 fully saturated rings. The van der Waals surface area contributed by atoms with E-state index >= 15 is 0 Å². The summed E-state index contributed by atoms with van der Waals surface area (Å²) in [6.45, 7) is 6.12. The minimum Gasteiger partial charge on any atom is -0.481 e. The van der Waals surface area contributed by atoms with E-state index in [-0.39, 0.29) is 5.41 Å². The molecule has 0 unspecified atom stereocenters. The summed E-state index contributed by atoms with van der Waals surface area (Å²) in [5.41, 5.74) is 1.46. The van der Waals surface area contributed by atoms with Crippen molar-refractivity contribution in [1.29, 1.82) is 0 Å². The van der Waals surface area contributed by atoms with Crippen LogP contribution < -0.4 is 0 Å². The van der Waals surface area contributed by atoms with E-state index in [4.69, 9.17) is 4.42 Å². The summed E-state index contributed by atoms with van der Waals surface area (Å²) >= 11 is 0. The zero-order valence-electron chi connectivity index (χ0n) is 11.4. The Kier molecular flexibility index (Phi) is 2.31. The topological polar surface area (TPSA) is 63.3 Å². The number of benzene rings is 1. The second-order valence-electron chi connectivity index (χ2n) is 6.34. The molecule has 1 aliphatic rings.